The van der Waals surface area contributed by atoms with Gasteiger partial charge in [-0.1, -0.05) is 38.0 Å². The lowest BCUT2D eigenvalue weighted by molar-refractivity contribution is -0.193. The normalized spacial score (nSPS) is 13.3. The predicted octanol–water partition coefficient (Wildman–Crippen LogP) is 5.01. The van der Waals surface area contributed by atoms with Crippen LogP contribution in [0, 0.1) is 11.6 Å². The van der Waals surface area contributed by atoms with Crippen LogP contribution in [-0.4, -0.2) is 91.1 Å². The Bertz CT molecular complexity index is 1480. The van der Waals surface area contributed by atoms with Crippen LogP contribution in [0.5, 0.6) is 11.5 Å². The Balaban J connectivity index is 0.000000641. The van der Waals surface area contributed by atoms with E-state index >= 15 is 0 Å². The van der Waals surface area contributed by atoms with E-state index in [4.69, 9.17) is 4.74 Å². The van der Waals surface area contributed by atoms with Crippen LogP contribution >= 0.6 is 0 Å². The quantitative estimate of drug-likeness (QED) is 0.0770. The fourth-order valence-corrected chi connectivity index (χ4v) is 4.89. The van der Waals surface area contributed by atoms with Gasteiger partial charge in [-0.25, -0.2) is 8.78 Å². The van der Waals surface area contributed by atoms with Gasteiger partial charge in [-0.05, 0) is 62.5 Å². The van der Waals surface area contributed by atoms with Crippen molar-refractivity contribution in [2.75, 3.05) is 44.6 Å². The number of carbonyl (C=O) groups is 4. The number of halogens is 8. The molecule has 0 bridgehead atoms. The summed E-state index contributed by atoms with van der Waals surface area (Å²) in [5, 5.41) is 19.2. The van der Waals surface area contributed by atoms with Gasteiger partial charge in [0, 0.05) is 32.1 Å². The summed E-state index contributed by atoms with van der Waals surface area (Å²) in [5.41, 5.74) is 1.50. The van der Waals surface area contributed by atoms with Crippen molar-refractivity contribution < 1.29 is 64.1 Å². The number of ketones is 2. The van der Waals surface area contributed by atoms with Crippen LogP contribution in [0.2, 0.25) is 0 Å². The van der Waals surface area contributed by atoms with Crippen LogP contribution in [0.4, 0.5) is 40.8 Å². The Morgan fingerprint density at radius 2 is 1.53 bits per heavy atom. The molecule has 2 aromatic carbocycles. The van der Waals surface area contributed by atoms with Crippen molar-refractivity contribution in [3.63, 3.8) is 0 Å². The van der Waals surface area contributed by atoms with Gasteiger partial charge >= 0.3 is 23.9 Å². The van der Waals surface area contributed by atoms with Crippen molar-refractivity contribution >= 4 is 29.1 Å². The van der Waals surface area contributed by atoms with Crippen molar-refractivity contribution in [1.29, 1.82) is 0 Å². The SMILES string of the molecule is CCCC[C@@H](C)N(CCNCCc1ccc(O)c2c1OCC(=O)N2)C(=O)CCNCCc1cccc(F)c1F.O=C(C(=O)C(F)(F)F)C(F)(F)F. The molecule has 2 amide bonds. The first-order valence-corrected chi connectivity index (χ1v) is 16.0. The number of phenols is 1. The first-order valence-electron chi connectivity index (χ1n) is 16.0. The van der Waals surface area contributed by atoms with Gasteiger partial charge in [0.25, 0.3) is 5.91 Å². The molecule has 0 aromatic heterocycles. The summed E-state index contributed by atoms with van der Waals surface area (Å²) in [7, 11) is 0. The molecule has 0 aliphatic carbocycles. The molecule has 0 saturated heterocycles. The number of alkyl halides is 6. The van der Waals surface area contributed by atoms with E-state index in [2.05, 4.69) is 29.8 Å². The van der Waals surface area contributed by atoms with Crippen LogP contribution in [0.25, 0.3) is 0 Å². The number of aromatic hydroxyl groups is 1. The zero-order valence-corrected chi connectivity index (χ0v) is 27.9. The summed E-state index contributed by atoms with van der Waals surface area (Å²) >= 11 is 0. The second-order valence-electron chi connectivity index (χ2n) is 11.5. The van der Waals surface area contributed by atoms with Crippen molar-refractivity contribution in [2.45, 2.75) is 70.8 Å². The minimum atomic E-state index is -5.77. The number of rotatable bonds is 17. The lowest BCUT2D eigenvalue weighted by Crippen LogP contribution is -2.43. The fourth-order valence-electron chi connectivity index (χ4n) is 4.89. The highest BCUT2D eigenvalue weighted by molar-refractivity contribution is 6.41. The lowest BCUT2D eigenvalue weighted by atomic mass is 10.1. The molecule has 4 N–H and O–H groups in total. The number of anilines is 1. The van der Waals surface area contributed by atoms with Crippen LogP contribution in [0.15, 0.2) is 30.3 Å². The molecular formula is C33H40F8N4O6. The monoisotopic (exact) mass is 740 g/mol. The minimum absolute atomic E-state index is 0.0272. The van der Waals surface area contributed by atoms with E-state index in [1.165, 1.54) is 6.07 Å². The molecule has 51 heavy (non-hydrogen) atoms. The van der Waals surface area contributed by atoms with Gasteiger partial charge in [-0.15, -0.1) is 0 Å². The number of benzene rings is 2. The Morgan fingerprint density at radius 3 is 2.14 bits per heavy atom. The molecule has 1 aliphatic heterocycles. The number of hydrogen-bond donors (Lipinski definition) is 4. The average Bonchev–Trinajstić information content (AvgIpc) is 3.06. The number of Topliss-reactive ketones (excluding diaryl/α,β-unsaturated/α-hetero) is 2. The van der Waals surface area contributed by atoms with Crippen LogP contribution in [0.3, 0.4) is 0 Å². The van der Waals surface area contributed by atoms with Gasteiger partial charge in [0.1, 0.15) is 11.4 Å². The maximum atomic E-state index is 13.8. The third kappa shape index (κ3) is 13.7. The molecule has 0 spiro atoms. The highest BCUT2D eigenvalue weighted by atomic mass is 19.4. The number of unbranched alkanes of at least 4 members (excludes halogenated alkanes) is 1. The molecular weight excluding hydrogens is 700 g/mol. The van der Waals surface area contributed by atoms with E-state index in [0.29, 0.717) is 69.0 Å². The predicted molar refractivity (Wildman–Crippen MR) is 169 cm³/mol. The molecule has 0 saturated carbocycles. The molecule has 2 aromatic rings. The third-order valence-electron chi connectivity index (χ3n) is 7.60. The van der Waals surface area contributed by atoms with Gasteiger partial charge in [-0.2, -0.15) is 26.3 Å². The van der Waals surface area contributed by atoms with E-state index < -0.39 is 35.6 Å². The van der Waals surface area contributed by atoms with Crippen molar-refractivity contribution in [2.24, 2.45) is 0 Å². The molecule has 1 aliphatic rings. The molecule has 0 unspecified atom stereocenters. The molecule has 1 atom stereocenters. The van der Waals surface area contributed by atoms with Gasteiger partial charge < -0.3 is 30.7 Å². The zero-order valence-electron chi connectivity index (χ0n) is 27.9. The van der Waals surface area contributed by atoms with Crippen molar-refractivity contribution in [1.82, 2.24) is 15.5 Å². The Labute approximate surface area is 288 Å². The van der Waals surface area contributed by atoms with E-state index in [0.717, 1.165) is 30.9 Å². The van der Waals surface area contributed by atoms with Gasteiger partial charge in [0.2, 0.25) is 5.91 Å². The molecule has 10 nitrogen and oxygen atoms in total. The third-order valence-corrected chi connectivity index (χ3v) is 7.60. The second kappa shape index (κ2) is 19.9. The number of hydrogen-bond acceptors (Lipinski definition) is 8. The molecule has 284 valence electrons. The van der Waals surface area contributed by atoms with Crippen LogP contribution < -0.4 is 20.7 Å². The van der Waals surface area contributed by atoms with E-state index in [9.17, 15) is 59.4 Å². The highest BCUT2D eigenvalue weighted by Crippen LogP contribution is 2.39. The van der Waals surface area contributed by atoms with E-state index in [1.807, 2.05) is 4.90 Å². The number of ether oxygens (including phenoxy) is 1. The van der Waals surface area contributed by atoms with Gasteiger partial charge in [0.15, 0.2) is 24.0 Å². The maximum absolute atomic E-state index is 13.8. The highest BCUT2D eigenvalue weighted by Gasteiger charge is 2.54. The lowest BCUT2D eigenvalue weighted by Gasteiger charge is -2.30. The summed E-state index contributed by atoms with van der Waals surface area (Å²) in [6, 6.07) is 7.60. The van der Waals surface area contributed by atoms with Crippen molar-refractivity contribution in [3.05, 3.63) is 53.1 Å². The van der Waals surface area contributed by atoms with Crippen LogP contribution in [0.1, 0.15) is 50.7 Å². The first-order chi connectivity index (χ1) is 23.9. The molecule has 1 heterocycles. The topological polar surface area (TPSA) is 137 Å². The summed E-state index contributed by atoms with van der Waals surface area (Å²) in [6.45, 7) is 6.85. The number of carbonyl (C=O) groups excluding carboxylic acids is 4. The molecule has 18 heteroatoms. The largest absolute Gasteiger partial charge is 0.506 e. The molecule has 3 rings (SSSR count). The van der Waals surface area contributed by atoms with Crippen LogP contribution in [-0.2, 0) is 32.0 Å². The van der Waals surface area contributed by atoms with Gasteiger partial charge in [-0.3, -0.25) is 19.2 Å². The minimum Gasteiger partial charge on any atom is -0.506 e. The number of nitrogens with one attached hydrogen (secondary N) is 3. The molecule has 0 fully saturated rings. The van der Waals surface area contributed by atoms with E-state index in [-0.39, 0.29) is 30.2 Å². The summed E-state index contributed by atoms with van der Waals surface area (Å²) in [6.07, 6.45) is -7.21. The zero-order chi connectivity index (χ0) is 38.4. The summed E-state index contributed by atoms with van der Waals surface area (Å²) in [5.74, 6) is -8.26. The Hall–Kier alpha value is -4.32. The summed E-state index contributed by atoms with van der Waals surface area (Å²) < 4.78 is 99.7. The number of amides is 2. The Morgan fingerprint density at radius 1 is 0.922 bits per heavy atom. The maximum Gasteiger partial charge on any atom is 0.458 e. The summed E-state index contributed by atoms with van der Waals surface area (Å²) in [4.78, 5) is 45.8. The first kappa shape index (κ1) is 42.8. The number of fused-ring (bicyclic) bond motifs is 1. The van der Waals surface area contributed by atoms with Crippen molar-refractivity contribution in [3.8, 4) is 11.5 Å². The number of nitrogens with zero attached hydrogens (tertiary/aromatic N) is 1. The van der Waals surface area contributed by atoms with Gasteiger partial charge in [0.05, 0.1) is 0 Å². The molecule has 0 radical (unpaired) electrons. The standard InChI is InChI=1S/C29H40F2N4O4.C4F6O2/c1-3-4-6-20(2)35(26(38)13-16-32-14-11-21-7-5-8-23(30)27(21)31)18-17-33-15-12-22-9-10-24(36)28-29(22)39-19-25(37)34-28;5-3(6,7)1(11)2(12)4(8,9)10/h5,7-10,20,32-33,36H,3-4,6,11-19H2,1-2H3,(H,34,37);/t20-;/m1./s1. The fraction of sp³-hybridized carbons (Fsp3) is 0.515. The van der Waals surface area contributed by atoms with E-state index in [1.54, 1.807) is 18.2 Å². The second-order valence-corrected chi connectivity index (χ2v) is 11.5. The average molecular weight is 741 g/mol. The Kier molecular flexibility index (Phi) is 16.7. The number of phenolic OH excluding ortho intramolecular Hbond substituents is 1. The smallest absolute Gasteiger partial charge is 0.458 e.